The minimum absolute atomic E-state index is 0.0748. The fourth-order valence-electron chi connectivity index (χ4n) is 2.26. The first-order chi connectivity index (χ1) is 10.4. The quantitative estimate of drug-likeness (QED) is 0.492. The highest BCUT2D eigenvalue weighted by Gasteiger charge is 2.29. The van der Waals surface area contributed by atoms with Crippen LogP contribution in [0.4, 0.5) is 5.69 Å². The van der Waals surface area contributed by atoms with Crippen LogP contribution in [0.2, 0.25) is 0 Å². The van der Waals surface area contributed by atoms with E-state index >= 15 is 0 Å². The monoisotopic (exact) mass is 306 g/mol. The van der Waals surface area contributed by atoms with Gasteiger partial charge in [0.05, 0.1) is 10.5 Å². The van der Waals surface area contributed by atoms with Crippen LogP contribution in [0.1, 0.15) is 35.7 Å². The average molecular weight is 306 g/mol. The number of nitrogens with zero attached hydrogens (tertiary/aromatic N) is 1. The van der Waals surface area contributed by atoms with E-state index in [0.717, 1.165) is 12.8 Å². The van der Waals surface area contributed by atoms with Gasteiger partial charge in [-0.05, 0) is 38.7 Å². The number of carbonyl (C=O) groups is 2. The largest absolute Gasteiger partial charge is 0.452 e. The lowest BCUT2D eigenvalue weighted by molar-refractivity contribution is -0.385. The molecule has 7 nitrogen and oxygen atoms in total. The molecule has 7 heteroatoms. The summed E-state index contributed by atoms with van der Waals surface area (Å²) in [5.41, 5.74) is 0.169. The molecule has 0 spiro atoms. The molecular weight excluding hydrogens is 288 g/mol. The molecule has 0 aliphatic heterocycles. The molecule has 0 aromatic heterocycles. The van der Waals surface area contributed by atoms with Crippen LogP contribution in [-0.4, -0.2) is 29.4 Å². The van der Waals surface area contributed by atoms with Crippen LogP contribution < -0.4 is 5.32 Å². The molecule has 1 N–H and O–H groups in total. The SMILES string of the molecule is Cc1c(C(=O)OCC(=O)N[C@H](C)C2CC2)cccc1[N+](=O)[O-]. The van der Waals surface area contributed by atoms with Crippen molar-refractivity contribution in [3.63, 3.8) is 0 Å². The number of hydrogen-bond acceptors (Lipinski definition) is 5. The molecule has 2 rings (SSSR count). The predicted octanol–water partition coefficient (Wildman–Crippen LogP) is 1.97. The zero-order valence-electron chi connectivity index (χ0n) is 12.5. The summed E-state index contributed by atoms with van der Waals surface area (Å²) < 4.78 is 4.93. The molecule has 1 atom stereocenters. The second-order valence-corrected chi connectivity index (χ2v) is 5.48. The van der Waals surface area contributed by atoms with Gasteiger partial charge in [0.25, 0.3) is 11.6 Å². The Morgan fingerprint density at radius 3 is 2.73 bits per heavy atom. The maximum Gasteiger partial charge on any atom is 0.339 e. The van der Waals surface area contributed by atoms with Gasteiger partial charge in [0.2, 0.25) is 0 Å². The van der Waals surface area contributed by atoms with Gasteiger partial charge < -0.3 is 10.1 Å². The molecule has 118 valence electrons. The first-order valence-corrected chi connectivity index (χ1v) is 7.10. The molecule has 1 amide bonds. The van der Waals surface area contributed by atoms with Gasteiger partial charge in [-0.3, -0.25) is 14.9 Å². The molecule has 1 aromatic carbocycles. The lowest BCUT2D eigenvalue weighted by atomic mass is 10.1. The summed E-state index contributed by atoms with van der Waals surface area (Å²) in [6, 6.07) is 4.24. The van der Waals surface area contributed by atoms with Crippen molar-refractivity contribution in [3.05, 3.63) is 39.4 Å². The Morgan fingerprint density at radius 1 is 1.45 bits per heavy atom. The van der Waals surface area contributed by atoms with Crippen LogP contribution >= 0.6 is 0 Å². The number of nitro benzene ring substituents is 1. The molecule has 0 heterocycles. The zero-order valence-corrected chi connectivity index (χ0v) is 12.5. The van der Waals surface area contributed by atoms with Gasteiger partial charge in [-0.25, -0.2) is 4.79 Å². The molecule has 1 fully saturated rings. The van der Waals surface area contributed by atoms with E-state index in [9.17, 15) is 19.7 Å². The molecule has 22 heavy (non-hydrogen) atoms. The number of nitrogens with one attached hydrogen (secondary N) is 1. The van der Waals surface area contributed by atoms with Crippen LogP contribution in [0.5, 0.6) is 0 Å². The van der Waals surface area contributed by atoms with E-state index in [1.165, 1.54) is 25.1 Å². The summed E-state index contributed by atoms with van der Waals surface area (Å²) in [4.78, 5) is 33.9. The van der Waals surface area contributed by atoms with Crippen molar-refractivity contribution in [1.29, 1.82) is 0 Å². The Balaban J connectivity index is 1.93. The van der Waals surface area contributed by atoms with Gasteiger partial charge in [-0.1, -0.05) is 6.07 Å². The van der Waals surface area contributed by atoms with Crippen molar-refractivity contribution in [2.75, 3.05) is 6.61 Å². The van der Waals surface area contributed by atoms with Crippen molar-refractivity contribution in [2.45, 2.75) is 32.7 Å². The Hall–Kier alpha value is -2.44. The standard InChI is InChI=1S/C15H18N2O5/c1-9-12(4-3-5-13(9)17(20)21)15(19)22-8-14(18)16-10(2)11-6-7-11/h3-5,10-11H,6-8H2,1-2H3,(H,16,18)/t10-/m1/s1. The number of rotatable bonds is 6. The fraction of sp³-hybridized carbons (Fsp3) is 0.467. The topological polar surface area (TPSA) is 98.5 Å². The number of hydrogen-bond donors (Lipinski definition) is 1. The molecule has 0 saturated heterocycles. The van der Waals surface area contributed by atoms with E-state index in [1.54, 1.807) is 0 Å². The minimum atomic E-state index is -0.740. The Morgan fingerprint density at radius 2 is 2.14 bits per heavy atom. The van der Waals surface area contributed by atoms with Crippen molar-refractivity contribution >= 4 is 17.6 Å². The third-order valence-corrected chi connectivity index (χ3v) is 3.77. The normalized spacial score (nSPS) is 15.0. The highest BCUT2D eigenvalue weighted by atomic mass is 16.6. The molecule has 1 saturated carbocycles. The second kappa shape index (κ2) is 6.55. The van der Waals surface area contributed by atoms with Gasteiger partial charge >= 0.3 is 5.97 Å². The van der Waals surface area contributed by atoms with Crippen LogP contribution in [-0.2, 0) is 9.53 Å². The number of carbonyl (C=O) groups excluding carboxylic acids is 2. The second-order valence-electron chi connectivity index (χ2n) is 5.48. The minimum Gasteiger partial charge on any atom is -0.452 e. The molecule has 0 radical (unpaired) electrons. The zero-order chi connectivity index (χ0) is 16.3. The summed E-state index contributed by atoms with van der Waals surface area (Å²) in [5, 5.41) is 13.6. The van der Waals surface area contributed by atoms with E-state index in [0.29, 0.717) is 5.92 Å². The van der Waals surface area contributed by atoms with Gasteiger partial charge in [-0.2, -0.15) is 0 Å². The van der Waals surface area contributed by atoms with Crippen molar-refractivity contribution in [3.8, 4) is 0 Å². The Labute approximate surface area is 127 Å². The number of amides is 1. The summed E-state index contributed by atoms with van der Waals surface area (Å²) in [6.45, 7) is 3.00. The highest BCUT2D eigenvalue weighted by Crippen LogP contribution is 2.32. The number of benzene rings is 1. The third kappa shape index (κ3) is 3.81. The van der Waals surface area contributed by atoms with E-state index < -0.39 is 17.5 Å². The smallest absolute Gasteiger partial charge is 0.339 e. The van der Waals surface area contributed by atoms with E-state index in [4.69, 9.17) is 4.74 Å². The number of nitro groups is 1. The molecule has 1 aromatic rings. The van der Waals surface area contributed by atoms with Gasteiger partial charge in [0.15, 0.2) is 6.61 Å². The lowest BCUT2D eigenvalue weighted by Gasteiger charge is -2.13. The van der Waals surface area contributed by atoms with Crippen LogP contribution in [0.25, 0.3) is 0 Å². The number of ether oxygens (including phenoxy) is 1. The van der Waals surface area contributed by atoms with Gasteiger partial charge in [0.1, 0.15) is 0 Å². The fourth-order valence-corrected chi connectivity index (χ4v) is 2.26. The van der Waals surface area contributed by atoms with Crippen molar-refractivity contribution < 1.29 is 19.2 Å². The molecule has 0 unspecified atom stereocenters. The molecule has 1 aliphatic rings. The van der Waals surface area contributed by atoms with E-state index in [2.05, 4.69) is 5.32 Å². The lowest BCUT2D eigenvalue weighted by Crippen LogP contribution is -2.37. The summed E-state index contributed by atoms with van der Waals surface area (Å²) >= 11 is 0. The molecule has 1 aliphatic carbocycles. The maximum atomic E-state index is 12.0. The Bertz CT molecular complexity index is 610. The van der Waals surface area contributed by atoms with Crippen LogP contribution in [0.15, 0.2) is 18.2 Å². The van der Waals surface area contributed by atoms with Crippen molar-refractivity contribution in [2.24, 2.45) is 5.92 Å². The first kappa shape index (κ1) is 15.9. The Kier molecular flexibility index (Phi) is 4.75. The predicted molar refractivity (Wildman–Crippen MR) is 78.4 cm³/mol. The summed E-state index contributed by atoms with van der Waals surface area (Å²) in [7, 11) is 0. The molecule has 0 bridgehead atoms. The van der Waals surface area contributed by atoms with Crippen LogP contribution in [0, 0.1) is 23.0 Å². The molecular formula is C15H18N2O5. The van der Waals surface area contributed by atoms with Gasteiger partial charge in [0, 0.05) is 17.7 Å². The summed E-state index contributed by atoms with van der Waals surface area (Å²) in [6.07, 6.45) is 2.21. The van der Waals surface area contributed by atoms with Gasteiger partial charge in [-0.15, -0.1) is 0 Å². The third-order valence-electron chi connectivity index (χ3n) is 3.77. The first-order valence-electron chi connectivity index (χ1n) is 7.10. The van der Waals surface area contributed by atoms with E-state index in [-0.39, 0.29) is 28.8 Å². The number of esters is 1. The van der Waals surface area contributed by atoms with Crippen molar-refractivity contribution in [1.82, 2.24) is 5.32 Å². The average Bonchev–Trinajstić information content (AvgIpc) is 3.29. The maximum absolute atomic E-state index is 12.0. The van der Waals surface area contributed by atoms with Crippen LogP contribution in [0.3, 0.4) is 0 Å². The summed E-state index contributed by atoms with van der Waals surface area (Å²) in [5.74, 6) is -0.593. The van der Waals surface area contributed by atoms with E-state index in [1.807, 2.05) is 6.92 Å². The highest BCUT2D eigenvalue weighted by molar-refractivity contribution is 5.93.